The molecule has 0 spiro atoms. The van der Waals surface area contributed by atoms with Crippen LogP contribution in [0, 0.1) is 39.9 Å². The van der Waals surface area contributed by atoms with Gasteiger partial charge in [0, 0.05) is 0 Å². The fourth-order valence-corrected chi connectivity index (χ4v) is 9.08. The van der Waals surface area contributed by atoms with Crippen LogP contribution in [-0.2, 0) is 4.79 Å². The lowest BCUT2D eigenvalue weighted by atomic mass is 9.45. The molecule has 0 aromatic carbocycles. The lowest BCUT2D eigenvalue weighted by Crippen LogP contribution is -2.58. The number of fused-ring (bicyclic) bond motifs is 4. The zero-order chi connectivity index (χ0) is 23.5. The molecule has 8 atom stereocenters. The molecule has 3 nitrogen and oxygen atoms in total. The van der Waals surface area contributed by atoms with Crippen molar-refractivity contribution in [3.63, 3.8) is 0 Å². The van der Waals surface area contributed by atoms with E-state index in [1.54, 1.807) is 11.1 Å². The first-order valence-electron chi connectivity index (χ1n) is 13.2. The molecule has 32 heavy (non-hydrogen) atoms. The Balaban J connectivity index is 1.62. The van der Waals surface area contributed by atoms with E-state index < -0.39 is 17.5 Å². The number of aliphatic hydroxyl groups excluding tert-OH is 1. The number of allylic oxidation sites excluding steroid dienone is 4. The largest absolute Gasteiger partial charge is 0.481 e. The second-order valence-electron chi connectivity index (χ2n) is 12.7. The highest BCUT2D eigenvalue weighted by Gasteiger charge is 2.62. The molecular weight excluding hydrogens is 396 g/mol. The molecule has 0 heterocycles. The third kappa shape index (κ3) is 3.44. The van der Waals surface area contributed by atoms with Crippen LogP contribution in [0.4, 0.5) is 0 Å². The maximum absolute atomic E-state index is 12.3. The Hall–Kier alpha value is -1.09. The average Bonchev–Trinajstić information content (AvgIpc) is 3.08. The van der Waals surface area contributed by atoms with Gasteiger partial charge in [0.25, 0.3) is 0 Å². The van der Waals surface area contributed by atoms with E-state index in [0.717, 1.165) is 37.5 Å². The lowest BCUT2D eigenvalue weighted by Gasteiger charge is -2.59. The summed E-state index contributed by atoms with van der Waals surface area (Å²) in [5.41, 5.74) is 4.06. The van der Waals surface area contributed by atoms with Crippen LogP contribution >= 0.6 is 0 Å². The number of hydrogen-bond donors (Lipinski definition) is 2. The number of carboxylic acid groups (broad SMARTS) is 1. The Kier molecular flexibility index (Phi) is 6.23. The van der Waals surface area contributed by atoms with E-state index >= 15 is 0 Å². The smallest absolute Gasteiger partial charge is 0.312 e. The number of aliphatic carboxylic acids is 1. The van der Waals surface area contributed by atoms with E-state index in [-0.39, 0.29) is 11.3 Å². The normalized spacial score (nSPS) is 44.3. The van der Waals surface area contributed by atoms with Gasteiger partial charge in [0.1, 0.15) is 0 Å². The van der Waals surface area contributed by atoms with Gasteiger partial charge < -0.3 is 10.2 Å². The fourth-order valence-electron chi connectivity index (χ4n) is 9.08. The van der Waals surface area contributed by atoms with Gasteiger partial charge in [-0.1, -0.05) is 43.6 Å². The summed E-state index contributed by atoms with van der Waals surface area (Å²) < 4.78 is 0. The van der Waals surface area contributed by atoms with Crippen molar-refractivity contribution in [3.05, 3.63) is 22.8 Å². The van der Waals surface area contributed by atoms with Gasteiger partial charge in [-0.15, -0.1) is 0 Å². The maximum atomic E-state index is 12.3. The first-order chi connectivity index (χ1) is 15.0. The van der Waals surface area contributed by atoms with Crippen LogP contribution in [0.15, 0.2) is 22.8 Å². The van der Waals surface area contributed by atoms with E-state index in [9.17, 15) is 15.0 Å². The third-order valence-corrected chi connectivity index (χ3v) is 11.0. The molecule has 0 aliphatic heterocycles. The van der Waals surface area contributed by atoms with Crippen molar-refractivity contribution in [3.8, 4) is 0 Å². The van der Waals surface area contributed by atoms with Crippen molar-refractivity contribution in [2.24, 2.45) is 39.9 Å². The van der Waals surface area contributed by atoms with Crippen molar-refractivity contribution in [1.29, 1.82) is 0 Å². The van der Waals surface area contributed by atoms with Crippen molar-refractivity contribution in [1.82, 2.24) is 0 Å². The summed E-state index contributed by atoms with van der Waals surface area (Å²) >= 11 is 0. The summed E-state index contributed by atoms with van der Waals surface area (Å²) in [5, 5.41) is 20.9. The highest BCUT2D eigenvalue weighted by molar-refractivity contribution is 5.76. The topological polar surface area (TPSA) is 57.5 Å². The van der Waals surface area contributed by atoms with Gasteiger partial charge in [-0.2, -0.15) is 0 Å². The van der Waals surface area contributed by atoms with Gasteiger partial charge in [0.05, 0.1) is 11.5 Å². The first kappa shape index (κ1) is 24.0. The Bertz CT molecular complexity index is 820. The number of carboxylic acids is 1. The predicted octanol–water partition coefficient (Wildman–Crippen LogP) is 7.15. The van der Waals surface area contributed by atoms with Gasteiger partial charge in [-0.05, 0) is 119 Å². The minimum atomic E-state index is -1.02. The van der Waals surface area contributed by atoms with Crippen LogP contribution in [0.1, 0.15) is 106 Å². The molecule has 0 aromatic heterocycles. The average molecular weight is 443 g/mol. The van der Waals surface area contributed by atoms with Crippen LogP contribution in [0.5, 0.6) is 0 Å². The molecule has 0 bridgehead atoms. The van der Waals surface area contributed by atoms with Gasteiger partial charge in [0.2, 0.25) is 0 Å². The summed E-state index contributed by atoms with van der Waals surface area (Å²) in [6.07, 6.45) is 12.7. The third-order valence-electron chi connectivity index (χ3n) is 11.0. The molecule has 2 unspecified atom stereocenters. The Morgan fingerprint density at radius 1 is 1.09 bits per heavy atom. The molecule has 0 saturated heterocycles. The molecule has 3 heteroatoms. The van der Waals surface area contributed by atoms with E-state index in [1.807, 2.05) is 6.92 Å². The molecule has 180 valence electrons. The van der Waals surface area contributed by atoms with Crippen LogP contribution in [0.25, 0.3) is 0 Å². The summed E-state index contributed by atoms with van der Waals surface area (Å²) in [6.45, 7) is 13.6. The molecule has 2 fully saturated rings. The van der Waals surface area contributed by atoms with Crippen molar-refractivity contribution in [2.75, 3.05) is 0 Å². The standard InChI is InChI=1S/C29H46O3/c1-18(2)8-7-9-19(3)21-11-12-22-20-10-13-24-28(5,23(20)14-16-27(21,22)4)17-15-25(30)29(24,6)26(31)32/h8,19,21-22,24-25,30H,7,9-17H2,1-6H3,(H,31,32)/t19?,21-,22?,24+,25-,27+,28+,29-/m0/s1. The molecule has 4 aliphatic rings. The summed E-state index contributed by atoms with van der Waals surface area (Å²) in [4.78, 5) is 12.3. The minimum Gasteiger partial charge on any atom is -0.481 e. The minimum absolute atomic E-state index is 0.0413. The molecular formula is C29H46O3. The second-order valence-corrected chi connectivity index (χ2v) is 12.7. The van der Waals surface area contributed by atoms with E-state index in [1.165, 1.54) is 37.7 Å². The number of rotatable bonds is 5. The van der Waals surface area contributed by atoms with Gasteiger partial charge in [-0.3, -0.25) is 4.79 Å². The number of aliphatic hydroxyl groups is 1. The predicted molar refractivity (Wildman–Crippen MR) is 130 cm³/mol. The molecule has 2 N–H and O–H groups in total. The molecule has 0 radical (unpaired) electrons. The summed E-state index contributed by atoms with van der Waals surface area (Å²) in [5.74, 6) is 1.48. The number of carbonyl (C=O) groups is 1. The zero-order valence-corrected chi connectivity index (χ0v) is 21.3. The van der Waals surface area contributed by atoms with Crippen molar-refractivity contribution < 1.29 is 15.0 Å². The van der Waals surface area contributed by atoms with Gasteiger partial charge >= 0.3 is 5.97 Å². The lowest BCUT2D eigenvalue weighted by molar-refractivity contribution is -0.175. The Labute approximate surface area is 195 Å². The monoisotopic (exact) mass is 442 g/mol. The first-order valence-corrected chi connectivity index (χ1v) is 13.2. The summed E-state index contributed by atoms with van der Waals surface area (Å²) in [7, 11) is 0. The maximum Gasteiger partial charge on any atom is 0.312 e. The molecule has 0 aromatic rings. The highest BCUT2D eigenvalue weighted by Crippen LogP contribution is 2.68. The quantitative estimate of drug-likeness (QED) is 0.444. The zero-order valence-electron chi connectivity index (χ0n) is 21.3. The fraction of sp³-hybridized carbons (Fsp3) is 0.828. The van der Waals surface area contributed by atoms with E-state index in [2.05, 4.69) is 40.7 Å². The van der Waals surface area contributed by atoms with Crippen LogP contribution < -0.4 is 0 Å². The summed E-state index contributed by atoms with van der Waals surface area (Å²) in [6, 6.07) is 0. The van der Waals surface area contributed by atoms with E-state index in [0.29, 0.717) is 17.8 Å². The Morgan fingerprint density at radius 2 is 1.81 bits per heavy atom. The molecule has 4 rings (SSSR count). The van der Waals surface area contributed by atoms with Crippen molar-refractivity contribution in [2.45, 2.75) is 112 Å². The SMILES string of the molecule is CC(C)=CCCC(C)[C@@H]1CCC2C3=C(CC[C@@]21C)[C@@]1(C)CC[C@H](O)[C@@](C)(C(=O)O)[C@@H]1CC3. The van der Waals surface area contributed by atoms with Gasteiger partial charge in [0.15, 0.2) is 0 Å². The number of hydrogen-bond acceptors (Lipinski definition) is 2. The second kappa shape index (κ2) is 8.29. The van der Waals surface area contributed by atoms with Crippen LogP contribution in [0.2, 0.25) is 0 Å². The molecule has 2 saturated carbocycles. The van der Waals surface area contributed by atoms with Crippen LogP contribution in [0.3, 0.4) is 0 Å². The van der Waals surface area contributed by atoms with E-state index in [4.69, 9.17) is 0 Å². The van der Waals surface area contributed by atoms with Crippen molar-refractivity contribution >= 4 is 5.97 Å². The highest BCUT2D eigenvalue weighted by atomic mass is 16.4. The van der Waals surface area contributed by atoms with Crippen LogP contribution in [-0.4, -0.2) is 22.3 Å². The Morgan fingerprint density at radius 3 is 2.47 bits per heavy atom. The molecule has 4 aliphatic carbocycles. The molecule has 0 amide bonds. The van der Waals surface area contributed by atoms with Gasteiger partial charge in [-0.25, -0.2) is 0 Å².